The Kier molecular flexibility index (Phi) is 2.48. The molecule has 0 fully saturated rings. The van der Waals surface area contributed by atoms with Crippen molar-refractivity contribution in [3.8, 4) is 5.88 Å². The van der Waals surface area contributed by atoms with Crippen LogP contribution in [0.15, 0.2) is 24.4 Å². The van der Waals surface area contributed by atoms with Gasteiger partial charge < -0.3 is 4.74 Å². The summed E-state index contributed by atoms with van der Waals surface area (Å²) in [5.74, 6) is 1.01. The van der Waals surface area contributed by atoms with Crippen LogP contribution in [0.4, 0.5) is 0 Å². The van der Waals surface area contributed by atoms with E-state index in [9.17, 15) is 0 Å². The second-order valence-corrected chi connectivity index (χ2v) is 3.80. The standard InChI is InChI=1S/C9H11INO/c10-7-8-4-6-11-5-2-1-3-9(11)12-8/h1-3,5,8H,4,6-7H2/q+1. The van der Waals surface area contributed by atoms with E-state index in [1.165, 1.54) is 0 Å². The molecule has 2 nitrogen and oxygen atoms in total. The largest absolute Gasteiger partial charge is 0.440 e. The Balaban J connectivity index is 2.23. The molecular weight excluding hydrogens is 265 g/mol. The lowest BCUT2D eigenvalue weighted by molar-refractivity contribution is -0.712. The van der Waals surface area contributed by atoms with Crippen molar-refractivity contribution in [2.75, 3.05) is 4.43 Å². The molecule has 0 aliphatic carbocycles. The minimum atomic E-state index is 0.410. The number of aryl methyl sites for hydroxylation is 1. The van der Waals surface area contributed by atoms with Gasteiger partial charge in [0.2, 0.25) is 0 Å². The van der Waals surface area contributed by atoms with Gasteiger partial charge in [-0.2, -0.15) is 4.57 Å². The summed E-state index contributed by atoms with van der Waals surface area (Å²) in [6.45, 7) is 1.09. The number of ether oxygens (including phenoxy) is 1. The Morgan fingerprint density at radius 1 is 1.58 bits per heavy atom. The highest BCUT2D eigenvalue weighted by atomic mass is 127. The van der Waals surface area contributed by atoms with Crippen LogP contribution >= 0.6 is 22.6 Å². The lowest BCUT2D eigenvalue weighted by Gasteiger charge is -2.18. The maximum absolute atomic E-state index is 5.74. The Hall–Kier alpha value is -0.320. The fraction of sp³-hybridized carbons (Fsp3) is 0.444. The van der Waals surface area contributed by atoms with Crippen molar-refractivity contribution >= 4 is 22.6 Å². The monoisotopic (exact) mass is 276 g/mol. The van der Waals surface area contributed by atoms with Crippen molar-refractivity contribution < 1.29 is 9.30 Å². The summed E-state index contributed by atoms with van der Waals surface area (Å²) >= 11 is 2.37. The maximum atomic E-state index is 5.74. The van der Waals surface area contributed by atoms with Crippen LogP contribution in [0.5, 0.6) is 5.88 Å². The molecule has 1 aliphatic rings. The molecule has 0 N–H and O–H groups in total. The van der Waals surface area contributed by atoms with Gasteiger partial charge in [0.1, 0.15) is 6.10 Å². The minimum Gasteiger partial charge on any atom is -0.440 e. The van der Waals surface area contributed by atoms with Gasteiger partial charge in [-0.3, -0.25) is 0 Å². The molecular formula is C9H11INO+. The van der Waals surface area contributed by atoms with Crippen LogP contribution in [0.25, 0.3) is 0 Å². The number of pyridine rings is 1. The predicted octanol–water partition coefficient (Wildman–Crippen LogP) is 1.56. The van der Waals surface area contributed by atoms with Crippen molar-refractivity contribution in [1.82, 2.24) is 0 Å². The lowest BCUT2D eigenvalue weighted by Crippen LogP contribution is -2.44. The van der Waals surface area contributed by atoms with Gasteiger partial charge in [-0.1, -0.05) is 22.6 Å². The highest BCUT2D eigenvalue weighted by molar-refractivity contribution is 14.1. The van der Waals surface area contributed by atoms with Gasteiger partial charge >= 0.3 is 5.88 Å². The summed E-state index contributed by atoms with van der Waals surface area (Å²) in [7, 11) is 0. The van der Waals surface area contributed by atoms with Crippen LogP contribution in [-0.4, -0.2) is 10.5 Å². The van der Waals surface area contributed by atoms with Crippen molar-refractivity contribution in [2.24, 2.45) is 0 Å². The Labute approximate surface area is 85.7 Å². The van der Waals surface area contributed by atoms with Crippen LogP contribution in [0.1, 0.15) is 6.42 Å². The van der Waals surface area contributed by atoms with E-state index in [1.807, 2.05) is 18.2 Å². The second-order valence-electron chi connectivity index (χ2n) is 2.92. The van der Waals surface area contributed by atoms with Gasteiger partial charge in [-0.25, -0.2) is 0 Å². The molecule has 1 atom stereocenters. The molecule has 2 rings (SSSR count). The van der Waals surface area contributed by atoms with Gasteiger partial charge in [0.05, 0.1) is 6.07 Å². The molecule has 2 heterocycles. The third-order valence-electron chi connectivity index (χ3n) is 2.05. The van der Waals surface area contributed by atoms with Crippen molar-refractivity contribution in [2.45, 2.75) is 19.1 Å². The van der Waals surface area contributed by atoms with Gasteiger partial charge in [0.15, 0.2) is 12.7 Å². The second kappa shape index (κ2) is 3.60. The Morgan fingerprint density at radius 2 is 2.50 bits per heavy atom. The zero-order chi connectivity index (χ0) is 8.39. The number of fused-ring (bicyclic) bond motifs is 1. The fourth-order valence-corrected chi connectivity index (χ4v) is 1.99. The number of hydrogen-bond acceptors (Lipinski definition) is 1. The van der Waals surface area contributed by atoms with Crippen LogP contribution in [0.3, 0.4) is 0 Å². The van der Waals surface area contributed by atoms with Crippen LogP contribution in [-0.2, 0) is 6.54 Å². The van der Waals surface area contributed by atoms with Gasteiger partial charge in [0.25, 0.3) is 0 Å². The molecule has 0 saturated carbocycles. The van der Waals surface area contributed by atoms with E-state index < -0.39 is 0 Å². The smallest absolute Gasteiger partial charge is 0.368 e. The van der Waals surface area contributed by atoms with Crippen molar-refractivity contribution in [1.29, 1.82) is 0 Å². The zero-order valence-corrected chi connectivity index (χ0v) is 8.90. The fourth-order valence-electron chi connectivity index (χ4n) is 1.37. The number of alkyl halides is 1. The highest BCUT2D eigenvalue weighted by Crippen LogP contribution is 2.14. The number of rotatable bonds is 1. The molecule has 0 bridgehead atoms. The quantitative estimate of drug-likeness (QED) is 0.431. The SMILES string of the molecule is ICC1CC[n+]2ccccc2O1. The summed E-state index contributed by atoms with van der Waals surface area (Å²) in [5, 5.41) is 0. The molecule has 1 aromatic rings. The first-order chi connectivity index (χ1) is 5.90. The topological polar surface area (TPSA) is 13.1 Å². The molecule has 12 heavy (non-hydrogen) atoms. The summed E-state index contributed by atoms with van der Waals surface area (Å²) < 4.78 is 8.97. The van der Waals surface area contributed by atoms with Crippen molar-refractivity contribution in [3.63, 3.8) is 0 Å². The minimum absolute atomic E-state index is 0.410. The van der Waals surface area contributed by atoms with E-state index >= 15 is 0 Å². The van der Waals surface area contributed by atoms with E-state index in [4.69, 9.17) is 4.74 Å². The molecule has 0 amide bonds. The molecule has 0 spiro atoms. The number of nitrogens with zero attached hydrogens (tertiary/aromatic N) is 1. The summed E-state index contributed by atoms with van der Waals surface area (Å²) in [6, 6.07) is 6.08. The number of aromatic nitrogens is 1. The zero-order valence-electron chi connectivity index (χ0n) is 6.74. The molecule has 1 unspecified atom stereocenters. The van der Waals surface area contributed by atoms with E-state index in [0.717, 1.165) is 23.3 Å². The van der Waals surface area contributed by atoms with Crippen molar-refractivity contribution in [3.05, 3.63) is 24.4 Å². The average molecular weight is 276 g/mol. The summed E-state index contributed by atoms with van der Waals surface area (Å²) in [4.78, 5) is 0. The molecule has 0 aromatic carbocycles. The average Bonchev–Trinajstić information content (AvgIpc) is 2.17. The van der Waals surface area contributed by atoms with Gasteiger partial charge in [0, 0.05) is 16.9 Å². The first-order valence-electron chi connectivity index (χ1n) is 4.11. The van der Waals surface area contributed by atoms with Crippen LogP contribution < -0.4 is 9.30 Å². The molecule has 1 aliphatic heterocycles. The maximum Gasteiger partial charge on any atom is 0.368 e. The van der Waals surface area contributed by atoms with E-state index in [0.29, 0.717) is 6.10 Å². The van der Waals surface area contributed by atoms with E-state index in [-0.39, 0.29) is 0 Å². The highest BCUT2D eigenvalue weighted by Gasteiger charge is 2.23. The lowest BCUT2D eigenvalue weighted by atomic mass is 10.2. The van der Waals surface area contributed by atoms with E-state index in [1.54, 1.807) is 0 Å². The third kappa shape index (κ3) is 1.55. The van der Waals surface area contributed by atoms with Crippen LogP contribution in [0, 0.1) is 0 Å². The molecule has 1 aromatic heterocycles. The summed E-state index contributed by atoms with van der Waals surface area (Å²) in [5.41, 5.74) is 0. The Morgan fingerprint density at radius 3 is 3.33 bits per heavy atom. The first-order valence-corrected chi connectivity index (χ1v) is 5.64. The summed E-state index contributed by atoms with van der Waals surface area (Å²) in [6.07, 6.45) is 3.61. The molecule has 64 valence electrons. The molecule has 0 radical (unpaired) electrons. The molecule has 3 heteroatoms. The Bertz CT molecular complexity index is 277. The van der Waals surface area contributed by atoms with Crippen LogP contribution in [0.2, 0.25) is 0 Å². The molecule has 0 saturated heterocycles. The van der Waals surface area contributed by atoms with Gasteiger partial charge in [-0.05, 0) is 6.07 Å². The normalized spacial score (nSPS) is 21.2. The predicted molar refractivity (Wildman–Crippen MR) is 54.6 cm³/mol. The number of hydrogen-bond donors (Lipinski definition) is 0. The van der Waals surface area contributed by atoms with E-state index in [2.05, 4.69) is 33.4 Å². The first kappa shape index (κ1) is 8.29. The third-order valence-corrected chi connectivity index (χ3v) is 3.03. The number of halogens is 1. The van der Waals surface area contributed by atoms with Gasteiger partial charge in [-0.15, -0.1) is 0 Å².